The van der Waals surface area contributed by atoms with Crippen LogP contribution < -0.4 is 10.6 Å². The van der Waals surface area contributed by atoms with Crippen LogP contribution in [0.3, 0.4) is 0 Å². The van der Waals surface area contributed by atoms with Crippen LogP contribution >= 0.6 is 0 Å². The van der Waals surface area contributed by atoms with E-state index in [0.717, 1.165) is 5.56 Å². The van der Waals surface area contributed by atoms with E-state index in [9.17, 15) is 19.1 Å². The quantitative estimate of drug-likeness (QED) is 0.707. The van der Waals surface area contributed by atoms with Crippen molar-refractivity contribution >= 4 is 11.8 Å². The lowest BCUT2D eigenvalue weighted by molar-refractivity contribution is -0.125. The standard InChI is InChI=1S/C21H24FN3O3/c1-13-4-2-6-16(22)19(13)21(28)25-17-10-15(11-18(17)26)20(27)24-9-7-14-5-3-8-23-12-14/h2-6,8,12,15,17-18,26H,7,9-11H2,1H3,(H,24,27)(H,25,28)/t15-,17+,18+/m0/s1. The highest BCUT2D eigenvalue weighted by molar-refractivity contribution is 5.96. The normalized spacial score (nSPS) is 21.3. The van der Waals surface area contributed by atoms with E-state index in [4.69, 9.17) is 0 Å². The van der Waals surface area contributed by atoms with Crippen molar-refractivity contribution in [3.05, 3.63) is 65.2 Å². The molecule has 0 bridgehead atoms. The molecule has 3 atom stereocenters. The second-order valence-electron chi connectivity index (χ2n) is 7.15. The van der Waals surface area contributed by atoms with Crippen molar-refractivity contribution in [1.82, 2.24) is 15.6 Å². The highest BCUT2D eigenvalue weighted by atomic mass is 19.1. The molecule has 1 aliphatic rings. The van der Waals surface area contributed by atoms with Crippen molar-refractivity contribution in [3.8, 4) is 0 Å². The Morgan fingerprint density at radius 2 is 2.07 bits per heavy atom. The third-order valence-electron chi connectivity index (χ3n) is 5.10. The average molecular weight is 385 g/mol. The zero-order valence-electron chi connectivity index (χ0n) is 15.7. The molecule has 1 aliphatic carbocycles. The predicted molar refractivity (Wildman–Crippen MR) is 102 cm³/mol. The van der Waals surface area contributed by atoms with Gasteiger partial charge in [0.15, 0.2) is 0 Å². The van der Waals surface area contributed by atoms with E-state index in [2.05, 4.69) is 15.6 Å². The first-order valence-electron chi connectivity index (χ1n) is 9.36. The van der Waals surface area contributed by atoms with Gasteiger partial charge in [-0.3, -0.25) is 14.6 Å². The van der Waals surface area contributed by atoms with E-state index < -0.39 is 29.8 Å². The molecule has 1 saturated carbocycles. The van der Waals surface area contributed by atoms with E-state index in [-0.39, 0.29) is 17.9 Å². The first kappa shape index (κ1) is 19.9. The van der Waals surface area contributed by atoms with Gasteiger partial charge in [0.1, 0.15) is 5.82 Å². The largest absolute Gasteiger partial charge is 0.391 e. The third-order valence-corrected chi connectivity index (χ3v) is 5.10. The maximum atomic E-state index is 14.0. The molecule has 28 heavy (non-hydrogen) atoms. The van der Waals surface area contributed by atoms with Crippen LogP contribution in [0.5, 0.6) is 0 Å². The molecule has 1 heterocycles. The monoisotopic (exact) mass is 385 g/mol. The number of hydrogen-bond acceptors (Lipinski definition) is 4. The molecule has 0 unspecified atom stereocenters. The highest BCUT2D eigenvalue weighted by Gasteiger charge is 2.38. The summed E-state index contributed by atoms with van der Waals surface area (Å²) in [7, 11) is 0. The molecule has 2 aromatic rings. The van der Waals surface area contributed by atoms with Crippen LogP contribution in [0.1, 0.15) is 34.3 Å². The maximum absolute atomic E-state index is 14.0. The number of nitrogens with zero attached hydrogens (tertiary/aromatic N) is 1. The molecule has 0 radical (unpaired) electrons. The van der Waals surface area contributed by atoms with E-state index in [0.29, 0.717) is 24.9 Å². The summed E-state index contributed by atoms with van der Waals surface area (Å²) in [4.78, 5) is 28.8. The molecule has 0 saturated heterocycles. The smallest absolute Gasteiger partial charge is 0.254 e. The summed E-state index contributed by atoms with van der Waals surface area (Å²) in [5.41, 5.74) is 1.52. The van der Waals surface area contributed by atoms with Gasteiger partial charge in [-0.05, 0) is 49.4 Å². The summed E-state index contributed by atoms with van der Waals surface area (Å²) >= 11 is 0. The van der Waals surface area contributed by atoms with Crippen molar-refractivity contribution in [2.24, 2.45) is 5.92 Å². The number of aryl methyl sites for hydroxylation is 1. The van der Waals surface area contributed by atoms with Crippen molar-refractivity contribution in [2.75, 3.05) is 6.54 Å². The fourth-order valence-corrected chi connectivity index (χ4v) is 3.57. The molecule has 1 fully saturated rings. The van der Waals surface area contributed by atoms with E-state index >= 15 is 0 Å². The van der Waals surface area contributed by atoms with Crippen molar-refractivity contribution in [1.29, 1.82) is 0 Å². The number of nitrogens with one attached hydrogen (secondary N) is 2. The number of amides is 2. The minimum atomic E-state index is -0.842. The molecule has 2 amide bonds. The zero-order chi connectivity index (χ0) is 20.1. The summed E-state index contributed by atoms with van der Waals surface area (Å²) in [5.74, 6) is -1.72. The minimum Gasteiger partial charge on any atom is -0.391 e. The number of hydrogen-bond donors (Lipinski definition) is 3. The maximum Gasteiger partial charge on any atom is 0.254 e. The van der Waals surface area contributed by atoms with Crippen LogP contribution in [0.2, 0.25) is 0 Å². The van der Waals surface area contributed by atoms with Crippen LogP contribution in [-0.2, 0) is 11.2 Å². The van der Waals surface area contributed by atoms with Gasteiger partial charge in [0.2, 0.25) is 5.91 Å². The Morgan fingerprint density at radius 3 is 2.79 bits per heavy atom. The summed E-state index contributed by atoms with van der Waals surface area (Å²) in [6.07, 6.45) is 3.85. The molecule has 7 heteroatoms. The molecule has 1 aromatic heterocycles. The highest BCUT2D eigenvalue weighted by Crippen LogP contribution is 2.27. The Balaban J connectivity index is 1.52. The van der Waals surface area contributed by atoms with Crippen LogP contribution in [-0.4, -0.2) is 40.6 Å². The zero-order valence-corrected chi connectivity index (χ0v) is 15.7. The number of aliphatic hydroxyl groups excluding tert-OH is 1. The van der Waals surface area contributed by atoms with Gasteiger partial charge in [-0.15, -0.1) is 0 Å². The Morgan fingerprint density at radius 1 is 1.25 bits per heavy atom. The fourth-order valence-electron chi connectivity index (χ4n) is 3.57. The number of carbonyl (C=O) groups excluding carboxylic acids is 2. The van der Waals surface area contributed by atoms with E-state index in [1.807, 2.05) is 12.1 Å². The number of aromatic nitrogens is 1. The van der Waals surface area contributed by atoms with Crippen LogP contribution in [0.15, 0.2) is 42.7 Å². The van der Waals surface area contributed by atoms with Gasteiger partial charge in [-0.2, -0.15) is 0 Å². The van der Waals surface area contributed by atoms with Gasteiger partial charge in [0, 0.05) is 24.9 Å². The lowest BCUT2D eigenvalue weighted by Gasteiger charge is -2.17. The summed E-state index contributed by atoms with van der Waals surface area (Å²) in [6, 6.07) is 7.62. The lowest BCUT2D eigenvalue weighted by Crippen LogP contribution is -2.40. The minimum absolute atomic E-state index is 0.0286. The second-order valence-corrected chi connectivity index (χ2v) is 7.15. The molecule has 148 valence electrons. The van der Waals surface area contributed by atoms with Crippen LogP contribution in [0.4, 0.5) is 4.39 Å². The van der Waals surface area contributed by atoms with Crippen molar-refractivity contribution in [2.45, 2.75) is 38.3 Å². The first-order chi connectivity index (χ1) is 13.5. The van der Waals surface area contributed by atoms with Crippen molar-refractivity contribution in [3.63, 3.8) is 0 Å². The second kappa shape index (κ2) is 8.93. The molecular formula is C21H24FN3O3. The Hall–Kier alpha value is -2.80. The average Bonchev–Trinajstić information content (AvgIpc) is 3.03. The Labute approximate surface area is 163 Å². The number of aliphatic hydroxyl groups is 1. The number of benzene rings is 1. The SMILES string of the molecule is Cc1cccc(F)c1C(=O)N[C@@H]1C[C@H](C(=O)NCCc2cccnc2)C[C@H]1O. The molecular weight excluding hydrogens is 361 g/mol. The topological polar surface area (TPSA) is 91.3 Å². The summed E-state index contributed by atoms with van der Waals surface area (Å²) < 4.78 is 14.0. The van der Waals surface area contributed by atoms with Gasteiger partial charge in [0.05, 0.1) is 17.7 Å². The van der Waals surface area contributed by atoms with Gasteiger partial charge in [-0.25, -0.2) is 4.39 Å². The van der Waals surface area contributed by atoms with Gasteiger partial charge in [-0.1, -0.05) is 18.2 Å². The Bertz CT molecular complexity index is 824. The third kappa shape index (κ3) is 4.72. The van der Waals surface area contributed by atoms with Gasteiger partial charge >= 0.3 is 0 Å². The molecule has 6 nitrogen and oxygen atoms in total. The predicted octanol–water partition coefficient (Wildman–Crippen LogP) is 1.76. The number of pyridine rings is 1. The molecule has 1 aromatic carbocycles. The molecule has 0 spiro atoms. The van der Waals surface area contributed by atoms with Crippen LogP contribution in [0, 0.1) is 18.7 Å². The van der Waals surface area contributed by atoms with Crippen molar-refractivity contribution < 1.29 is 19.1 Å². The summed E-state index contributed by atoms with van der Waals surface area (Å²) in [6.45, 7) is 2.13. The van der Waals surface area contributed by atoms with Crippen LogP contribution in [0.25, 0.3) is 0 Å². The summed E-state index contributed by atoms with van der Waals surface area (Å²) in [5, 5.41) is 15.8. The first-order valence-corrected chi connectivity index (χ1v) is 9.36. The van der Waals surface area contributed by atoms with Gasteiger partial charge in [0.25, 0.3) is 5.91 Å². The molecule has 3 N–H and O–H groups in total. The van der Waals surface area contributed by atoms with Gasteiger partial charge < -0.3 is 15.7 Å². The van der Waals surface area contributed by atoms with E-state index in [1.165, 1.54) is 12.1 Å². The number of carbonyl (C=O) groups is 2. The number of halogens is 1. The molecule has 3 rings (SSSR count). The Kier molecular flexibility index (Phi) is 6.36. The van der Waals surface area contributed by atoms with E-state index in [1.54, 1.807) is 25.4 Å². The lowest BCUT2D eigenvalue weighted by atomic mass is 10.1. The number of rotatable bonds is 6. The molecule has 0 aliphatic heterocycles. The fraction of sp³-hybridized carbons (Fsp3) is 0.381.